The predicted molar refractivity (Wildman–Crippen MR) is 76.7 cm³/mol. The summed E-state index contributed by atoms with van der Waals surface area (Å²) in [5, 5.41) is 10.3. The summed E-state index contributed by atoms with van der Waals surface area (Å²) in [6, 6.07) is 1.12. The largest absolute Gasteiger partial charge is 0.478 e. The Labute approximate surface area is 122 Å². The van der Waals surface area contributed by atoms with Crippen molar-refractivity contribution in [1.82, 2.24) is 9.21 Å². The van der Waals surface area contributed by atoms with Crippen LogP contribution in [0.5, 0.6) is 0 Å². The van der Waals surface area contributed by atoms with Gasteiger partial charge < -0.3 is 10.0 Å². The Kier molecular flexibility index (Phi) is 4.48. The van der Waals surface area contributed by atoms with Gasteiger partial charge in [-0.15, -0.1) is 11.3 Å². The van der Waals surface area contributed by atoms with Gasteiger partial charge in [-0.05, 0) is 33.0 Å². The maximum absolute atomic E-state index is 12.6. The number of thiophene rings is 1. The number of aromatic carboxylic acids is 1. The van der Waals surface area contributed by atoms with Gasteiger partial charge in [0, 0.05) is 24.5 Å². The van der Waals surface area contributed by atoms with Crippen LogP contribution < -0.4 is 0 Å². The maximum atomic E-state index is 12.6. The Balaban J connectivity index is 2.30. The molecule has 1 aliphatic rings. The molecule has 1 aromatic heterocycles. The third kappa shape index (κ3) is 3.03. The summed E-state index contributed by atoms with van der Waals surface area (Å²) in [4.78, 5) is 13.0. The van der Waals surface area contributed by atoms with E-state index < -0.39 is 16.0 Å². The van der Waals surface area contributed by atoms with Crippen LogP contribution in [0.2, 0.25) is 0 Å². The fourth-order valence-electron chi connectivity index (χ4n) is 2.39. The quantitative estimate of drug-likeness (QED) is 0.905. The molecule has 2 rings (SSSR count). The second kappa shape index (κ2) is 5.80. The Morgan fingerprint density at radius 3 is 2.75 bits per heavy atom. The fourth-order valence-corrected chi connectivity index (χ4v) is 5.33. The van der Waals surface area contributed by atoms with Gasteiger partial charge in [0.05, 0.1) is 5.56 Å². The highest BCUT2D eigenvalue weighted by Crippen LogP contribution is 2.26. The molecule has 0 spiro atoms. The predicted octanol–water partition coefficient (Wildman–Crippen LogP) is 1.16. The van der Waals surface area contributed by atoms with E-state index in [9.17, 15) is 13.2 Å². The van der Waals surface area contributed by atoms with Gasteiger partial charge in [-0.2, -0.15) is 4.31 Å². The van der Waals surface area contributed by atoms with Crippen molar-refractivity contribution in [3.05, 3.63) is 17.0 Å². The average molecular weight is 318 g/mol. The summed E-state index contributed by atoms with van der Waals surface area (Å²) in [6.07, 6.45) is 0.775. The molecule has 112 valence electrons. The van der Waals surface area contributed by atoms with Crippen molar-refractivity contribution in [2.24, 2.45) is 0 Å². The molecule has 0 aromatic carbocycles. The molecule has 1 atom stereocenters. The molecule has 6 nitrogen and oxygen atoms in total. The first-order valence-electron chi connectivity index (χ1n) is 6.34. The third-order valence-corrected chi connectivity index (χ3v) is 6.80. The zero-order valence-corrected chi connectivity index (χ0v) is 13.1. The molecular formula is C12H18N2O4S2. The van der Waals surface area contributed by atoms with Gasteiger partial charge in [0.1, 0.15) is 4.21 Å². The minimum Gasteiger partial charge on any atom is -0.478 e. The molecule has 0 bridgehead atoms. The molecule has 1 aromatic rings. The van der Waals surface area contributed by atoms with Gasteiger partial charge in [-0.25, -0.2) is 13.2 Å². The van der Waals surface area contributed by atoms with Crippen molar-refractivity contribution in [3.63, 3.8) is 0 Å². The highest BCUT2D eigenvalue weighted by molar-refractivity contribution is 7.91. The second-order valence-corrected chi connectivity index (χ2v) is 8.07. The molecule has 1 saturated heterocycles. The summed E-state index contributed by atoms with van der Waals surface area (Å²) >= 11 is 0.964. The maximum Gasteiger partial charge on any atom is 0.336 e. The molecule has 0 radical (unpaired) electrons. The van der Waals surface area contributed by atoms with Crippen molar-refractivity contribution < 1.29 is 18.3 Å². The van der Waals surface area contributed by atoms with E-state index in [2.05, 4.69) is 4.90 Å². The van der Waals surface area contributed by atoms with E-state index in [-0.39, 0.29) is 15.8 Å². The molecule has 1 fully saturated rings. The van der Waals surface area contributed by atoms with Crippen LogP contribution in [0.15, 0.2) is 15.7 Å². The monoisotopic (exact) mass is 318 g/mol. The first-order valence-corrected chi connectivity index (χ1v) is 8.66. The number of sulfonamides is 1. The highest BCUT2D eigenvalue weighted by atomic mass is 32.2. The van der Waals surface area contributed by atoms with E-state index in [0.717, 1.165) is 24.3 Å². The minimum atomic E-state index is -3.61. The van der Waals surface area contributed by atoms with Gasteiger partial charge in [-0.1, -0.05) is 0 Å². The zero-order chi connectivity index (χ0) is 14.9. The molecular weight excluding hydrogens is 300 g/mol. The van der Waals surface area contributed by atoms with E-state index >= 15 is 0 Å². The molecule has 1 aliphatic heterocycles. The average Bonchev–Trinajstić information content (AvgIpc) is 2.78. The van der Waals surface area contributed by atoms with E-state index in [4.69, 9.17) is 5.11 Å². The summed E-state index contributed by atoms with van der Waals surface area (Å²) in [7, 11) is -1.64. The van der Waals surface area contributed by atoms with Crippen molar-refractivity contribution in [3.8, 4) is 0 Å². The molecule has 8 heteroatoms. The summed E-state index contributed by atoms with van der Waals surface area (Å²) in [6.45, 7) is 3.89. The number of carboxylic acids is 1. The van der Waals surface area contributed by atoms with Gasteiger partial charge in [0.2, 0.25) is 0 Å². The summed E-state index contributed by atoms with van der Waals surface area (Å²) in [5.41, 5.74) is 0.0215. The van der Waals surface area contributed by atoms with Crippen molar-refractivity contribution in [2.45, 2.75) is 23.6 Å². The smallest absolute Gasteiger partial charge is 0.336 e. The molecule has 0 aliphatic carbocycles. The SMILES string of the molecule is CC1CN(C)CCCN1S(=O)(=O)c1cc(C(=O)O)cs1. The van der Waals surface area contributed by atoms with E-state index in [1.807, 2.05) is 14.0 Å². The zero-order valence-electron chi connectivity index (χ0n) is 11.4. The van der Waals surface area contributed by atoms with Gasteiger partial charge in [-0.3, -0.25) is 0 Å². The second-order valence-electron chi connectivity index (χ2n) is 5.04. The number of hydrogen-bond acceptors (Lipinski definition) is 5. The third-order valence-electron chi connectivity index (χ3n) is 3.37. The van der Waals surface area contributed by atoms with E-state index in [1.54, 1.807) is 0 Å². The van der Waals surface area contributed by atoms with Crippen LogP contribution in [0, 0.1) is 0 Å². The van der Waals surface area contributed by atoms with Gasteiger partial charge >= 0.3 is 5.97 Å². The molecule has 20 heavy (non-hydrogen) atoms. The number of hydrogen-bond donors (Lipinski definition) is 1. The van der Waals surface area contributed by atoms with Crippen LogP contribution in [-0.2, 0) is 10.0 Å². The Morgan fingerprint density at radius 1 is 1.45 bits per heavy atom. The number of likely N-dealkylation sites (N-methyl/N-ethyl adjacent to an activating group) is 1. The highest BCUT2D eigenvalue weighted by Gasteiger charge is 2.32. The number of rotatable bonds is 3. The van der Waals surface area contributed by atoms with Crippen LogP contribution in [0.4, 0.5) is 0 Å². The van der Waals surface area contributed by atoms with Crippen LogP contribution >= 0.6 is 11.3 Å². The lowest BCUT2D eigenvalue weighted by Crippen LogP contribution is -2.41. The van der Waals surface area contributed by atoms with Crippen LogP contribution in [0.1, 0.15) is 23.7 Å². The lowest BCUT2D eigenvalue weighted by atomic mass is 10.3. The van der Waals surface area contributed by atoms with Crippen LogP contribution in [-0.4, -0.2) is 61.4 Å². The molecule has 1 N–H and O–H groups in total. The number of carboxylic acid groups (broad SMARTS) is 1. The van der Waals surface area contributed by atoms with Crippen molar-refractivity contribution in [2.75, 3.05) is 26.7 Å². The van der Waals surface area contributed by atoms with Crippen LogP contribution in [0.25, 0.3) is 0 Å². The Morgan fingerprint density at radius 2 is 2.15 bits per heavy atom. The molecule has 1 unspecified atom stereocenters. The first kappa shape index (κ1) is 15.4. The van der Waals surface area contributed by atoms with E-state index in [1.165, 1.54) is 15.8 Å². The number of nitrogens with zero attached hydrogens (tertiary/aromatic N) is 2. The molecule has 0 amide bonds. The fraction of sp³-hybridized carbons (Fsp3) is 0.583. The van der Waals surface area contributed by atoms with Gasteiger partial charge in [0.25, 0.3) is 10.0 Å². The van der Waals surface area contributed by atoms with Crippen molar-refractivity contribution >= 4 is 27.3 Å². The standard InChI is InChI=1S/C12H18N2O4S2/c1-9-7-13(2)4-3-5-14(9)20(17,18)11-6-10(8-19-11)12(15)16/h6,8-9H,3-5,7H2,1-2H3,(H,15,16). The van der Waals surface area contributed by atoms with Gasteiger partial charge in [0.15, 0.2) is 0 Å². The Hall–Kier alpha value is -0.960. The lowest BCUT2D eigenvalue weighted by molar-refractivity contribution is 0.0697. The first-order chi connectivity index (χ1) is 9.32. The molecule has 0 saturated carbocycles. The lowest BCUT2D eigenvalue weighted by Gasteiger charge is -2.26. The molecule has 2 heterocycles. The summed E-state index contributed by atoms with van der Waals surface area (Å²) < 4.78 is 26.8. The minimum absolute atomic E-state index is 0.0215. The normalized spacial score (nSPS) is 22.6. The Bertz CT molecular complexity index is 596. The van der Waals surface area contributed by atoms with Crippen molar-refractivity contribution in [1.29, 1.82) is 0 Å². The topological polar surface area (TPSA) is 77.9 Å². The van der Waals surface area contributed by atoms with Crippen LogP contribution in [0.3, 0.4) is 0 Å². The van der Waals surface area contributed by atoms with E-state index in [0.29, 0.717) is 13.1 Å². The number of carbonyl (C=O) groups is 1. The summed E-state index contributed by atoms with van der Waals surface area (Å²) in [5.74, 6) is -1.11.